The number of rotatable bonds is 12. The number of aliphatic imine (C=N–C) groups is 1. The number of ether oxygens (including phenoxy) is 1. The summed E-state index contributed by atoms with van der Waals surface area (Å²) in [6, 6.07) is 0. The van der Waals surface area contributed by atoms with E-state index in [1.807, 2.05) is 13.8 Å². The second kappa shape index (κ2) is 15.5. The van der Waals surface area contributed by atoms with Gasteiger partial charge in [-0.3, -0.25) is 9.55 Å². The molecule has 0 fully saturated rings. The zero-order valence-corrected chi connectivity index (χ0v) is 19.3. The minimum atomic E-state index is -4.10. The van der Waals surface area contributed by atoms with Crippen LogP contribution in [0.25, 0.3) is 0 Å². The van der Waals surface area contributed by atoms with E-state index in [0.29, 0.717) is 0 Å². The van der Waals surface area contributed by atoms with Crippen LogP contribution in [0.3, 0.4) is 0 Å². The van der Waals surface area contributed by atoms with Crippen LogP contribution < -0.4 is 34.7 Å². The summed E-state index contributed by atoms with van der Waals surface area (Å²) in [6.45, 7) is 9.83. The molecule has 0 aliphatic heterocycles. The summed E-state index contributed by atoms with van der Waals surface area (Å²) in [6.07, 6.45) is 8.30. The molecule has 0 saturated carbocycles. The predicted octanol–water partition coefficient (Wildman–Crippen LogP) is 0.0303. The van der Waals surface area contributed by atoms with Gasteiger partial charge in [-0.05, 0) is 52.9 Å². The summed E-state index contributed by atoms with van der Waals surface area (Å²) in [5.41, 5.74) is 3.70. The Bertz CT molecular complexity index is 609. The molecule has 0 aliphatic carbocycles. The van der Waals surface area contributed by atoms with Crippen LogP contribution in [0.1, 0.15) is 52.9 Å². The molecule has 1 N–H and O–H groups in total. The van der Waals surface area contributed by atoms with Crippen molar-refractivity contribution in [2.45, 2.75) is 52.9 Å². The molecule has 26 heavy (non-hydrogen) atoms. The molecule has 0 bridgehead atoms. The maximum atomic E-state index is 11.3. The van der Waals surface area contributed by atoms with E-state index in [4.69, 9.17) is 9.29 Å². The minimum Gasteiger partial charge on any atom is -0.596 e. The molecule has 0 spiro atoms. The van der Waals surface area contributed by atoms with Gasteiger partial charge < -0.3 is 9.84 Å². The Labute approximate surface area is 180 Å². The second-order valence-corrected chi connectivity index (χ2v) is 7.77. The Kier molecular flexibility index (Phi) is 16.4. The molecule has 0 aromatic carbocycles. The molecule has 6 nitrogen and oxygen atoms in total. The minimum absolute atomic E-state index is 0. The molecule has 0 aromatic heterocycles. The van der Waals surface area contributed by atoms with Crippen LogP contribution in [-0.4, -0.2) is 38.0 Å². The monoisotopic (exact) mass is 395 g/mol. The van der Waals surface area contributed by atoms with E-state index in [0.717, 1.165) is 37.7 Å². The van der Waals surface area contributed by atoms with Gasteiger partial charge in [0, 0.05) is 6.61 Å². The van der Waals surface area contributed by atoms with Crippen LogP contribution in [0, 0.1) is 0 Å². The van der Waals surface area contributed by atoms with Crippen LogP contribution in [0.15, 0.2) is 40.4 Å². The summed E-state index contributed by atoms with van der Waals surface area (Å²) in [7, 11) is -4.10. The van der Waals surface area contributed by atoms with Gasteiger partial charge >= 0.3 is 29.6 Å². The van der Waals surface area contributed by atoms with E-state index in [2.05, 4.69) is 24.6 Å². The van der Waals surface area contributed by atoms with Crippen LogP contribution in [0.2, 0.25) is 0 Å². The average molecular weight is 395 g/mol. The molecule has 0 amide bonds. The van der Waals surface area contributed by atoms with Gasteiger partial charge in [0.2, 0.25) is 0 Å². The topological polar surface area (TPSA) is 99.0 Å². The Morgan fingerprint density at radius 3 is 2.35 bits per heavy atom. The summed E-state index contributed by atoms with van der Waals surface area (Å²) >= 11 is 0. The summed E-state index contributed by atoms with van der Waals surface area (Å²) in [5, 5.41) is 11.3. The molecule has 0 atom stereocenters. The Hall–Kier alpha value is -0.600. The molecule has 0 radical (unpaired) electrons. The molecule has 8 heteroatoms. The average Bonchev–Trinajstić information content (AvgIpc) is 2.45. The summed E-state index contributed by atoms with van der Waals surface area (Å²) in [5.74, 6) is -0.588. The van der Waals surface area contributed by atoms with Crippen LogP contribution in [-0.2, 0) is 14.9 Å². The van der Waals surface area contributed by atoms with Gasteiger partial charge in [-0.1, -0.05) is 28.9 Å². The van der Waals surface area contributed by atoms with Gasteiger partial charge in [-0.15, -0.1) is 6.58 Å². The van der Waals surface area contributed by atoms with Crippen LogP contribution in [0.5, 0.6) is 0 Å². The molecule has 0 aliphatic rings. The first-order valence-electron chi connectivity index (χ1n) is 8.35. The third-order valence-corrected chi connectivity index (χ3v) is 4.13. The van der Waals surface area contributed by atoms with Gasteiger partial charge in [-0.2, -0.15) is 8.42 Å². The molecule has 0 heterocycles. The third kappa shape index (κ3) is 19.7. The van der Waals surface area contributed by atoms with Crippen molar-refractivity contribution < 1.29 is 52.4 Å². The normalized spacial score (nSPS) is 13.3. The molecule has 144 valence electrons. The number of hydrogen-bond donors (Lipinski definition) is 1. The standard InChI is InChI=1S/C18H31NO5S.Na/c1-15(2)7-5-8-16(3)9-6-10-17(4)11-13-24-18(20)19-12-14-25(21,22)23;/h9,11H,1,5-8,10,12-14H2,2-4H3,(H,19,20)(H,21,22,23);/q;+1/p-1/b16-9+,17-11+;. The van der Waals surface area contributed by atoms with Crippen molar-refractivity contribution in [1.29, 1.82) is 0 Å². The quantitative estimate of drug-likeness (QED) is 0.165. The van der Waals surface area contributed by atoms with E-state index >= 15 is 0 Å². The van der Waals surface area contributed by atoms with E-state index in [1.54, 1.807) is 6.08 Å². The van der Waals surface area contributed by atoms with Crippen molar-refractivity contribution in [2.75, 3.05) is 18.9 Å². The number of allylic oxidation sites excluding steroid dienone is 4. The first kappa shape index (κ1) is 27.6. The summed E-state index contributed by atoms with van der Waals surface area (Å²) < 4.78 is 34.3. The third-order valence-electron chi connectivity index (χ3n) is 3.43. The van der Waals surface area contributed by atoms with Crippen molar-refractivity contribution in [1.82, 2.24) is 0 Å². The van der Waals surface area contributed by atoms with Gasteiger partial charge in [0.1, 0.15) is 6.08 Å². The molecule has 0 unspecified atom stereocenters. The van der Waals surface area contributed by atoms with Crippen molar-refractivity contribution in [2.24, 2.45) is 4.99 Å². The SMILES string of the molecule is C=C(C)CCC/C(C)=C/CC/C(C)=C/COC([O-])=NCCS(=O)(=O)O.[Na+]. The van der Waals surface area contributed by atoms with Crippen molar-refractivity contribution in [3.8, 4) is 0 Å². The van der Waals surface area contributed by atoms with Crippen molar-refractivity contribution in [3.05, 3.63) is 35.5 Å². The fraction of sp³-hybridized carbons (Fsp3) is 0.611. The van der Waals surface area contributed by atoms with Gasteiger partial charge in [0.05, 0.1) is 12.3 Å². The van der Waals surface area contributed by atoms with Gasteiger partial charge in [-0.25, -0.2) is 0 Å². The fourth-order valence-electron chi connectivity index (χ4n) is 1.97. The van der Waals surface area contributed by atoms with E-state index in [1.165, 1.54) is 11.1 Å². The van der Waals surface area contributed by atoms with E-state index < -0.39 is 22.0 Å². The zero-order chi connectivity index (χ0) is 19.3. The first-order valence-corrected chi connectivity index (χ1v) is 9.96. The Morgan fingerprint density at radius 1 is 1.15 bits per heavy atom. The van der Waals surface area contributed by atoms with Crippen molar-refractivity contribution >= 4 is 16.2 Å². The molecular formula is C18H30NNaO5S. The smallest absolute Gasteiger partial charge is 0.596 e. The van der Waals surface area contributed by atoms with Gasteiger partial charge in [0.15, 0.2) is 0 Å². The number of nitrogens with zero attached hydrogens (tertiary/aromatic N) is 1. The maximum absolute atomic E-state index is 11.3. The Balaban J connectivity index is 0. The molecule has 0 aromatic rings. The maximum Gasteiger partial charge on any atom is 1.00 e. The molecular weight excluding hydrogens is 365 g/mol. The van der Waals surface area contributed by atoms with Gasteiger partial charge in [0.25, 0.3) is 10.1 Å². The van der Waals surface area contributed by atoms with Crippen LogP contribution >= 0.6 is 0 Å². The number of hydrogen-bond acceptors (Lipinski definition) is 5. The van der Waals surface area contributed by atoms with E-state index in [9.17, 15) is 13.5 Å². The largest absolute Gasteiger partial charge is 1.00 e. The predicted molar refractivity (Wildman–Crippen MR) is 100 cm³/mol. The summed E-state index contributed by atoms with van der Waals surface area (Å²) in [4.78, 5) is 3.39. The first-order chi connectivity index (χ1) is 11.6. The van der Waals surface area contributed by atoms with Crippen LogP contribution in [0.4, 0.5) is 0 Å². The molecule has 0 saturated heterocycles. The second-order valence-electron chi connectivity index (χ2n) is 6.19. The van der Waals surface area contributed by atoms with Crippen molar-refractivity contribution in [3.63, 3.8) is 0 Å². The molecule has 0 rings (SSSR count). The van der Waals surface area contributed by atoms with E-state index in [-0.39, 0.29) is 42.7 Å². The zero-order valence-electron chi connectivity index (χ0n) is 16.5. The Morgan fingerprint density at radius 2 is 1.77 bits per heavy atom. The fourth-order valence-corrected chi connectivity index (χ4v) is 2.29.